The number of benzene rings is 1. The van der Waals surface area contributed by atoms with Crippen LogP contribution in [0.2, 0.25) is 0 Å². The van der Waals surface area contributed by atoms with Gasteiger partial charge >= 0.3 is 5.97 Å². The Labute approximate surface area is 132 Å². The van der Waals surface area contributed by atoms with Gasteiger partial charge in [-0.1, -0.05) is 18.2 Å². The summed E-state index contributed by atoms with van der Waals surface area (Å²) in [6, 6.07) is 9.10. The maximum atomic E-state index is 12.1. The Morgan fingerprint density at radius 1 is 1.36 bits per heavy atom. The van der Waals surface area contributed by atoms with Gasteiger partial charge in [-0.25, -0.2) is 4.79 Å². The summed E-state index contributed by atoms with van der Waals surface area (Å²) in [5, 5.41) is 0. The summed E-state index contributed by atoms with van der Waals surface area (Å²) in [6.07, 6.45) is 0.994. The number of nitrogens with zero attached hydrogens (tertiary/aromatic N) is 2. The standard InChI is InChI=1S/C17H26N2O3/c1-14(22-17(20)15-7-5-4-6-8-15)19-10-9-16(13-19)21-12-11-18(2)3/h4-8,14,16H,9-13H2,1-3H3. The third-order valence-electron chi connectivity index (χ3n) is 3.87. The molecule has 1 aliphatic rings. The fraction of sp³-hybridized carbons (Fsp3) is 0.588. The van der Waals surface area contributed by atoms with Crippen LogP contribution in [0.5, 0.6) is 0 Å². The minimum absolute atomic E-state index is 0.227. The number of esters is 1. The molecule has 0 bridgehead atoms. The van der Waals surface area contributed by atoms with Crippen molar-refractivity contribution < 1.29 is 14.3 Å². The van der Waals surface area contributed by atoms with Crippen LogP contribution in [0.4, 0.5) is 0 Å². The Kier molecular flexibility index (Phi) is 6.36. The molecule has 1 aliphatic heterocycles. The van der Waals surface area contributed by atoms with Gasteiger partial charge in [0.05, 0.1) is 18.3 Å². The van der Waals surface area contributed by atoms with E-state index in [-0.39, 0.29) is 18.3 Å². The molecule has 22 heavy (non-hydrogen) atoms. The Morgan fingerprint density at radius 3 is 2.77 bits per heavy atom. The molecule has 1 fully saturated rings. The highest BCUT2D eigenvalue weighted by atomic mass is 16.6. The molecular formula is C17H26N2O3. The minimum Gasteiger partial charge on any atom is -0.443 e. The van der Waals surface area contributed by atoms with Crippen LogP contribution >= 0.6 is 0 Å². The van der Waals surface area contributed by atoms with Crippen LogP contribution in [0.3, 0.4) is 0 Å². The summed E-state index contributed by atoms with van der Waals surface area (Å²) in [6.45, 7) is 5.30. The van der Waals surface area contributed by atoms with E-state index in [4.69, 9.17) is 9.47 Å². The van der Waals surface area contributed by atoms with E-state index in [2.05, 4.69) is 9.80 Å². The van der Waals surface area contributed by atoms with E-state index in [0.29, 0.717) is 5.56 Å². The smallest absolute Gasteiger partial charge is 0.339 e. The average Bonchev–Trinajstić information content (AvgIpc) is 2.96. The van der Waals surface area contributed by atoms with E-state index in [1.165, 1.54) is 0 Å². The van der Waals surface area contributed by atoms with Crippen LogP contribution < -0.4 is 0 Å². The van der Waals surface area contributed by atoms with Crippen molar-refractivity contribution in [2.75, 3.05) is 40.3 Å². The molecule has 0 aromatic heterocycles. The Morgan fingerprint density at radius 2 is 2.09 bits per heavy atom. The molecule has 2 atom stereocenters. The van der Waals surface area contributed by atoms with Gasteiger partial charge in [0.25, 0.3) is 0 Å². The first-order valence-electron chi connectivity index (χ1n) is 7.82. The monoisotopic (exact) mass is 306 g/mol. The van der Waals surface area contributed by atoms with Crippen LogP contribution in [0.1, 0.15) is 23.7 Å². The molecule has 122 valence electrons. The Hall–Kier alpha value is -1.43. The highest BCUT2D eigenvalue weighted by Gasteiger charge is 2.28. The largest absolute Gasteiger partial charge is 0.443 e. The van der Waals surface area contributed by atoms with E-state index in [1.807, 2.05) is 39.2 Å². The minimum atomic E-state index is -0.273. The quantitative estimate of drug-likeness (QED) is 0.719. The van der Waals surface area contributed by atoms with Crippen LogP contribution in [0, 0.1) is 0 Å². The first kappa shape index (κ1) is 16.9. The average molecular weight is 306 g/mol. The lowest BCUT2D eigenvalue weighted by atomic mass is 10.2. The lowest BCUT2D eigenvalue weighted by Gasteiger charge is -2.24. The zero-order valence-electron chi connectivity index (χ0n) is 13.7. The predicted molar refractivity (Wildman–Crippen MR) is 85.8 cm³/mol. The molecule has 1 aromatic carbocycles. The van der Waals surface area contributed by atoms with Gasteiger partial charge < -0.3 is 14.4 Å². The number of carbonyl (C=O) groups is 1. The second kappa shape index (κ2) is 8.27. The summed E-state index contributed by atoms with van der Waals surface area (Å²) >= 11 is 0. The van der Waals surface area contributed by atoms with Gasteiger partial charge in [-0.2, -0.15) is 0 Å². The number of ether oxygens (including phenoxy) is 2. The molecule has 5 nitrogen and oxygen atoms in total. The van der Waals surface area contributed by atoms with Crippen molar-refractivity contribution in [2.24, 2.45) is 0 Å². The zero-order chi connectivity index (χ0) is 15.9. The first-order chi connectivity index (χ1) is 10.6. The summed E-state index contributed by atoms with van der Waals surface area (Å²) in [5.74, 6) is -0.273. The van der Waals surface area contributed by atoms with Crippen LogP contribution in [-0.4, -0.2) is 68.4 Å². The maximum Gasteiger partial charge on any atom is 0.339 e. The molecule has 0 saturated carbocycles. The number of likely N-dealkylation sites (N-methyl/N-ethyl adjacent to an activating group) is 1. The highest BCUT2D eigenvalue weighted by molar-refractivity contribution is 5.89. The summed E-state index contributed by atoms with van der Waals surface area (Å²) in [4.78, 5) is 16.3. The molecule has 1 heterocycles. The van der Waals surface area contributed by atoms with Gasteiger partial charge in [0.15, 0.2) is 6.23 Å². The van der Waals surface area contributed by atoms with Crippen molar-refractivity contribution in [3.8, 4) is 0 Å². The fourth-order valence-electron chi connectivity index (χ4n) is 2.49. The van der Waals surface area contributed by atoms with Crippen molar-refractivity contribution in [1.82, 2.24) is 9.80 Å². The normalized spacial score (nSPS) is 20.3. The van der Waals surface area contributed by atoms with E-state index in [9.17, 15) is 4.79 Å². The summed E-state index contributed by atoms with van der Waals surface area (Å²) in [5.41, 5.74) is 0.590. The Bertz CT molecular complexity index is 464. The molecule has 0 aliphatic carbocycles. The van der Waals surface area contributed by atoms with E-state index < -0.39 is 0 Å². The zero-order valence-corrected chi connectivity index (χ0v) is 13.7. The molecule has 1 saturated heterocycles. The van der Waals surface area contributed by atoms with Gasteiger partial charge in [0, 0.05) is 19.6 Å². The SMILES string of the molecule is CC(OC(=O)c1ccccc1)N1CCC(OCCN(C)C)C1. The van der Waals surface area contributed by atoms with E-state index in [1.54, 1.807) is 12.1 Å². The Balaban J connectivity index is 1.74. The molecule has 2 rings (SSSR count). The molecule has 2 unspecified atom stereocenters. The van der Waals surface area contributed by atoms with Gasteiger partial charge in [-0.3, -0.25) is 4.90 Å². The topological polar surface area (TPSA) is 42.0 Å². The molecule has 5 heteroatoms. The van der Waals surface area contributed by atoms with Crippen molar-refractivity contribution in [2.45, 2.75) is 25.7 Å². The molecule has 0 N–H and O–H groups in total. The molecule has 0 radical (unpaired) electrons. The number of likely N-dealkylation sites (tertiary alicyclic amines) is 1. The third-order valence-corrected chi connectivity index (χ3v) is 3.87. The van der Waals surface area contributed by atoms with Crippen molar-refractivity contribution in [3.63, 3.8) is 0 Å². The third kappa shape index (κ3) is 5.09. The molecule has 1 aromatic rings. The van der Waals surface area contributed by atoms with Gasteiger partial charge in [-0.05, 0) is 39.6 Å². The lowest BCUT2D eigenvalue weighted by molar-refractivity contribution is -0.0238. The molecule has 0 spiro atoms. The number of rotatable bonds is 7. The number of carbonyl (C=O) groups excluding carboxylic acids is 1. The first-order valence-corrected chi connectivity index (χ1v) is 7.82. The van der Waals surface area contributed by atoms with Crippen LogP contribution in [0.15, 0.2) is 30.3 Å². The summed E-state index contributed by atoms with van der Waals surface area (Å²) in [7, 11) is 4.07. The van der Waals surface area contributed by atoms with E-state index >= 15 is 0 Å². The van der Waals surface area contributed by atoms with Crippen molar-refractivity contribution in [3.05, 3.63) is 35.9 Å². The highest BCUT2D eigenvalue weighted by Crippen LogP contribution is 2.17. The van der Waals surface area contributed by atoms with Crippen LogP contribution in [0.25, 0.3) is 0 Å². The number of hydrogen-bond donors (Lipinski definition) is 0. The summed E-state index contributed by atoms with van der Waals surface area (Å²) < 4.78 is 11.4. The number of hydrogen-bond acceptors (Lipinski definition) is 5. The molecular weight excluding hydrogens is 280 g/mol. The molecule has 0 amide bonds. The van der Waals surface area contributed by atoms with Gasteiger partial charge in [-0.15, -0.1) is 0 Å². The second-order valence-corrected chi connectivity index (χ2v) is 5.95. The fourth-order valence-corrected chi connectivity index (χ4v) is 2.49. The van der Waals surface area contributed by atoms with Crippen molar-refractivity contribution in [1.29, 1.82) is 0 Å². The lowest BCUT2D eigenvalue weighted by Crippen LogP contribution is -2.36. The second-order valence-electron chi connectivity index (χ2n) is 5.95. The van der Waals surface area contributed by atoms with Crippen molar-refractivity contribution >= 4 is 5.97 Å². The predicted octanol–water partition coefficient (Wildman–Crippen LogP) is 1.84. The van der Waals surface area contributed by atoms with Gasteiger partial charge in [0.2, 0.25) is 0 Å². The van der Waals surface area contributed by atoms with Gasteiger partial charge in [0.1, 0.15) is 0 Å². The van der Waals surface area contributed by atoms with Crippen LogP contribution in [-0.2, 0) is 9.47 Å². The maximum absolute atomic E-state index is 12.1. The van der Waals surface area contributed by atoms with E-state index in [0.717, 1.165) is 32.7 Å².